The topological polar surface area (TPSA) is 46.6 Å². The van der Waals surface area contributed by atoms with Crippen LogP contribution in [0.3, 0.4) is 0 Å². The van der Waals surface area contributed by atoms with E-state index in [1.165, 1.54) is 0 Å². The first kappa shape index (κ1) is 13.4. The Bertz CT molecular complexity index is 519. The summed E-state index contributed by atoms with van der Waals surface area (Å²) in [6, 6.07) is 5.30. The Labute approximate surface area is 109 Å². The molecule has 2 rings (SSSR count). The number of sulfonamides is 1. The maximum absolute atomic E-state index is 12.5. The van der Waals surface area contributed by atoms with Crippen LogP contribution in [0, 0.1) is 6.92 Å². The lowest BCUT2D eigenvalue weighted by atomic mass is 10.2. The maximum Gasteiger partial charge on any atom is 0.246 e. The molecule has 0 unspecified atom stereocenters. The first-order chi connectivity index (χ1) is 8.55. The highest BCUT2D eigenvalue weighted by molar-refractivity contribution is 7.89. The molecule has 1 aliphatic rings. The number of nitrogens with zero attached hydrogens (tertiary/aromatic N) is 1. The van der Waals surface area contributed by atoms with Crippen LogP contribution >= 0.6 is 0 Å². The number of hydrogen-bond donors (Lipinski definition) is 0. The lowest BCUT2D eigenvalue weighted by Gasteiger charge is -2.18. The molecule has 18 heavy (non-hydrogen) atoms. The summed E-state index contributed by atoms with van der Waals surface area (Å²) in [5, 5.41) is 0. The van der Waals surface area contributed by atoms with Crippen LogP contribution in [-0.4, -0.2) is 32.4 Å². The van der Waals surface area contributed by atoms with Crippen molar-refractivity contribution in [2.45, 2.75) is 31.6 Å². The smallest absolute Gasteiger partial charge is 0.246 e. The normalized spacial score (nSPS) is 17.0. The van der Waals surface area contributed by atoms with Gasteiger partial charge >= 0.3 is 0 Å². The minimum Gasteiger partial charge on any atom is -0.492 e. The molecule has 0 bridgehead atoms. The van der Waals surface area contributed by atoms with Crippen molar-refractivity contribution in [1.82, 2.24) is 4.31 Å². The van der Waals surface area contributed by atoms with Gasteiger partial charge in [-0.25, -0.2) is 8.42 Å². The van der Waals surface area contributed by atoms with E-state index < -0.39 is 10.0 Å². The van der Waals surface area contributed by atoms with Crippen LogP contribution in [0.4, 0.5) is 0 Å². The molecule has 0 aliphatic carbocycles. The monoisotopic (exact) mass is 269 g/mol. The summed E-state index contributed by atoms with van der Waals surface area (Å²) >= 11 is 0. The average molecular weight is 269 g/mol. The molecule has 5 heteroatoms. The molecule has 1 aromatic rings. The second-order valence-corrected chi connectivity index (χ2v) is 6.40. The van der Waals surface area contributed by atoms with Crippen molar-refractivity contribution in [1.29, 1.82) is 0 Å². The summed E-state index contributed by atoms with van der Waals surface area (Å²) in [5.74, 6) is 0.454. The van der Waals surface area contributed by atoms with Crippen molar-refractivity contribution >= 4 is 10.0 Å². The van der Waals surface area contributed by atoms with Gasteiger partial charge in [0.1, 0.15) is 10.6 Å². The first-order valence-electron chi connectivity index (χ1n) is 6.29. The Morgan fingerprint density at radius 2 is 1.94 bits per heavy atom. The Hall–Kier alpha value is -1.07. The molecular weight excluding hydrogens is 250 g/mol. The molecule has 0 atom stereocenters. The van der Waals surface area contributed by atoms with E-state index in [1.54, 1.807) is 16.4 Å². The third-order valence-electron chi connectivity index (χ3n) is 3.08. The standard InChI is InChI=1S/C13H19NO3S/c1-3-17-12-7-6-11(2)10-13(12)18(15,16)14-8-4-5-9-14/h6-7,10H,3-5,8-9H2,1-2H3. The zero-order valence-corrected chi connectivity index (χ0v) is 11.7. The molecule has 0 spiro atoms. The van der Waals surface area contributed by atoms with Gasteiger partial charge in [-0.1, -0.05) is 6.07 Å². The van der Waals surface area contributed by atoms with Gasteiger partial charge < -0.3 is 4.74 Å². The van der Waals surface area contributed by atoms with Gasteiger partial charge in [0.2, 0.25) is 10.0 Å². The molecule has 0 aromatic heterocycles. The Balaban J connectivity index is 2.44. The number of benzene rings is 1. The quantitative estimate of drug-likeness (QED) is 0.841. The summed E-state index contributed by atoms with van der Waals surface area (Å²) in [5.41, 5.74) is 0.927. The van der Waals surface area contributed by atoms with E-state index >= 15 is 0 Å². The molecule has 0 radical (unpaired) electrons. The highest BCUT2D eigenvalue weighted by atomic mass is 32.2. The molecule has 4 nitrogen and oxygen atoms in total. The summed E-state index contributed by atoms with van der Waals surface area (Å²) in [6.07, 6.45) is 1.88. The van der Waals surface area contributed by atoms with Crippen molar-refractivity contribution in [3.05, 3.63) is 23.8 Å². The number of hydrogen-bond acceptors (Lipinski definition) is 3. The lowest BCUT2D eigenvalue weighted by molar-refractivity contribution is 0.329. The predicted molar refractivity (Wildman–Crippen MR) is 70.3 cm³/mol. The van der Waals surface area contributed by atoms with E-state index in [-0.39, 0.29) is 0 Å². The highest BCUT2D eigenvalue weighted by Gasteiger charge is 2.29. The summed E-state index contributed by atoms with van der Waals surface area (Å²) < 4.78 is 32.0. The highest BCUT2D eigenvalue weighted by Crippen LogP contribution is 2.29. The van der Waals surface area contributed by atoms with Crippen LogP contribution in [0.15, 0.2) is 23.1 Å². The van der Waals surface area contributed by atoms with Crippen molar-refractivity contribution in [2.24, 2.45) is 0 Å². The van der Waals surface area contributed by atoms with Crippen molar-refractivity contribution < 1.29 is 13.2 Å². The van der Waals surface area contributed by atoms with Gasteiger partial charge in [-0.2, -0.15) is 4.31 Å². The number of ether oxygens (including phenoxy) is 1. The largest absolute Gasteiger partial charge is 0.492 e. The third-order valence-corrected chi connectivity index (χ3v) is 5.00. The minimum absolute atomic E-state index is 0.297. The summed E-state index contributed by atoms with van der Waals surface area (Å²) in [4.78, 5) is 0.297. The van der Waals surface area contributed by atoms with Crippen LogP contribution in [0.25, 0.3) is 0 Å². The second-order valence-electron chi connectivity index (χ2n) is 4.49. The fourth-order valence-electron chi connectivity index (χ4n) is 2.16. The van der Waals surface area contributed by atoms with Crippen molar-refractivity contribution in [3.63, 3.8) is 0 Å². The van der Waals surface area contributed by atoms with Crippen LogP contribution in [0.2, 0.25) is 0 Å². The maximum atomic E-state index is 12.5. The molecule has 1 fully saturated rings. The summed E-state index contributed by atoms with van der Waals surface area (Å²) in [6.45, 7) is 5.43. The van der Waals surface area contributed by atoms with Gasteiger partial charge in [-0.3, -0.25) is 0 Å². The minimum atomic E-state index is -3.41. The molecule has 1 aliphatic heterocycles. The molecule has 0 amide bonds. The Morgan fingerprint density at radius 1 is 1.28 bits per heavy atom. The van der Waals surface area contributed by atoms with Gasteiger partial charge in [0.15, 0.2) is 0 Å². The molecule has 1 heterocycles. The van der Waals surface area contributed by atoms with Crippen LogP contribution in [-0.2, 0) is 10.0 Å². The Kier molecular flexibility index (Phi) is 3.92. The fourth-order valence-corrected chi connectivity index (χ4v) is 3.89. The van der Waals surface area contributed by atoms with Crippen LogP contribution in [0.1, 0.15) is 25.3 Å². The fraction of sp³-hybridized carbons (Fsp3) is 0.538. The van der Waals surface area contributed by atoms with Crippen molar-refractivity contribution in [2.75, 3.05) is 19.7 Å². The van der Waals surface area contributed by atoms with E-state index in [4.69, 9.17) is 4.74 Å². The molecule has 100 valence electrons. The van der Waals surface area contributed by atoms with Crippen molar-refractivity contribution in [3.8, 4) is 5.75 Å². The van der Waals surface area contributed by atoms with Crippen LogP contribution < -0.4 is 4.74 Å². The molecule has 1 aromatic carbocycles. The number of aryl methyl sites for hydroxylation is 1. The molecule has 0 saturated carbocycles. The van der Waals surface area contributed by atoms with Gasteiger partial charge in [-0.05, 0) is 44.4 Å². The molecule has 1 saturated heterocycles. The zero-order chi connectivity index (χ0) is 13.2. The lowest BCUT2D eigenvalue weighted by Crippen LogP contribution is -2.28. The van der Waals surface area contributed by atoms with E-state index in [2.05, 4.69) is 0 Å². The third kappa shape index (κ3) is 2.52. The SMILES string of the molecule is CCOc1ccc(C)cc1S(=O)(=O)N1CCCC1. The van der Waals surface area contributed by atoms with Gasteiger partial charge in [0.05, 0.1) is 6.61 Å². The number of rotatable bonds is 4. The van der Waals surface area contributed by atoms with E-state index in [0.717, 1.165) is 18.4 Å². The Morgan fingerprint density at radius 3 is 2.56 bits per heavy atom. The zero-order valence-electron chi connectivity index (χ0n) is 10.8. The van der Waals surface area contributed by atoms with Gasteiger partial charge in [0.25, 0.3) is 0 Å². The summed E-state index contributed by atoms with van der Waals surface area (Å²) in [7, 11) is -3.41. The molecule has 0 N–H and O–H groups in total. The average Bonchev–Trinajstić information content (AvgIpc) is 2.86. The molecular formula is C13H19NO3S. The van der Waals surface area contributed by atoms with E-state index in [1.807, 2.05) is 19.9 Å². The van der Waals surface area contributed by atoms with E-state index in [9.17, 15) is 8.42 Å². The van der Waals surface area contributed by atoms with Gasteiger partial charge in [0, 0.05) is 13.1 Å². The first-order valence-corrected chi connectivity index (χ1v) is 7.73. The predicted octanol–water partition coefficient (Wildman–Crippen LogP) is 2.18. The van der Waals surface area contributed by atoms with E-state index in [0.29, 0.717) is 30.3 Å². The second kappa shape index (κ2) is 5.28. The van der Waals surface area contributed by atoms with Gasteiger partial charge in [-0.15, -0.1) is 0 Å². The van der Waals surface area contributed by atoms with Crippen LogP contribution in [0.5, 0.6) is 5.75 Å².